The number of rotatable bonds is 6. The highest BCUT2D eigenvalue weighted by molar-refractivity contribution is 7.79. The maximum absolute atomic E-state index is 11.5. The fraction of sp³-hybridized carbons (Fsp3) is 0.0556. The number of methoxy groups -OCH3 is 2. The Kier molecular flexibility index (Phi) is 13.5. The molecule has 4 aliphatic rings. The first-order chi connectivity index (χ1) is 27.1. The predicted octanol–water partition coefficient (Wildman–Crippen LogP) is 2.44. The van der Waals surface area contributed by atoms with Gasteiger partial charge in [-0.2, -0.15) is 28.2 Å². The Hall–Kier alpha value is -7.93. The topological polar surface area (TPSA) is 324 Å². The molecule has 0 heterocycles. The predicted molar refractivity (Wildman–Crippen MR) is 200 cm³/mol. The van der Waals surface area contributed by atoms with Gasteiger partial charge in [0.05, 0.1) is 48.2 Å². The summed E-state index contributed by atoms with van der Waals surface area (Å²) in [6, 6.07) is 14.2. The zero-order valence-electron chi connectivity index (χ0n) is 29.3. The van der Waals surface area contributed by atoms with Crippen molar-refractivity contribution in [1.82, 2.24) is 0 Å². The van der Waals surface area contributed by atoms with Gasteiger partial charge in [0.15, 0.2) is 11.6 Å². The van der Waals surface area contributed by atoms with Crippen molar-refractivity contribution in [1.29, 1.82) is 0 Å². The van der Waals surface area contributed by atoms with Crippen LogP contribution in [0.3, 0.4) is 0 Å². The normalized spacial score (nSPS) is 18.3. The standard InChI is InChI=1S/2C18H12N4O4.H2O4S/c2*1-26-16-9-14(11-4-2-3-5-12(11)17(16)20-19)22-21-10-6-7-15(23)13(8-10)18(24)25;1-5(2,3)4/h2*2-9H,1H3,(H,24,25);(H2,1,2,3,4). The summed E-state index contributed by atoms with van der Waals surface area (Å²) < 4.78 is 42.0. The van der Waals surface area contributed by atoms with E-state index in [9.17, 15) is 30.2 Å². The summed E-state index contributed by atoms with van der Waals surface area (Å²) in [5.41, 5.74) is 22.2. The smallest absolute Gasteiger partial charge is 0.394 e. The molecule has 0 radical (unpaired) electrons. The molecule has 2 aromatic carbocycles. The zero-order valence-corrected chi connectivity index (χ0v) is 30.1. The Bertz CT molecular complexity index is 2460. The van der Waals surface area contributed by atoms with E-state index in [4.69, 9.17) is 37.2 Å². The second-order valence-corrected chi connectivity index (χ2v) is 11.9. The average Bonchev–Trinajstić information content (AvgIpc) is 3.18. The molecular formula is C36H26N8O12S. The van der Waals surface area contributed by atoms with Crippen molar-refractivity contribution in [3.05, 3.63) is 153 Å². The maximum atomic E-state index is 11.5. The zero-order chi connectivity index (χ0) is 41.9. The minimum absolute atomic E-state index is 0.223. The number of nitrogens with zero attached hydrogens (tertiary/aromatic N) is 8. The third-order valence-electron chi connectivity index (χ3n) is 7.49. The number of ether oxygens (including phenoxy) is 2. The average molecular weight is 795 g/mol. The van der Waals surface area contributed by atoms with Crippen LogP contribution in [-0.4, -0.2) is 109 Å². The molecule has 0 saturated heterocycles. The lowest BCUT2D eigenvalue weighted by Crippen LogP contribution is -2.20. The van der Waals surface area contributed by atoms with E-state index in [-0.39, 0.29) is 34.0 Å². The van der Waals surface area contributed by atoms with Gasteiger partial charge in [-0.15, -0.1) is 10.2 Å². The van der Waals surface area contributed by atoms with Crippen LogP contribution in [0.5, 0.6) is 0 Å². The Morgan fingerprint density at radius 3 is 1.23 bits per heavy atom. The van der Waals surface area contributed by atoms with Crippen LogP contribution >= 0.6 is 0 Å². The molecule has 0 saturated carbocycles. The van der Waals surface area contributed by atoms with E-state index in [0.29, 0.717) is 45.2 Å². The third-order valence-corrected chi connectivity index (χ3v) is 7.49. The van der Waals surface area contributed by atoms with E-state index >= 15 is 0 Å². The molecule has 288 valence electrons. The molecule has 2 aromatic rings. The molecule has 0 aliphatic heterocycles. The van der Waals surface area contributed by atoms with Crippen LogP contribution in [0.2, 0.25) is 0 Å². The lowest BCUT2D eigenvalue weighted by atomic mass is 9.92. The summed E-state index contributed by atoms with van der Waals surface area (Å²) in [5.74, 6) is -3.24. The second-order valence-electron chi connectivity index (χ2n) is 11.0. The minimum atomic E-state index is -4.67. The highest BCUT2D eigenvalue weighted by Gasteiger charge is 2.31. The first kappa shape index (κ1) is 41.8. The van der Waals surface area contributed by atoms with Gasteiger partial charge in [0.1, 0.15) is 11.1 Å². The van der Waals surface area contributed by atoms with Crippen molar-refractivity contribution >= 4 is 68.2 Å². The van der Waals surface area contributed by atoms with Crippen molar-refractivity contribution in [2.75, 3.05) is 14.2 Å². The molecular weight excluding hydrogens is 769 g/mol. The Morgan fingerprint density at radius 1 is 0.596 bits per heavy atom. The maximum Gasteiger partial charge on any atom is 0.394 e. The molecule has 0 bridgehead atoms. The number of aliphatic carboxylic acids is 2. The van der Waals surface area contributed by atoms with E-state index < -0.39 is 33.9 Å². The van der Waals surface area contributed by atoms with Crippen LogP contribution < -0.4 is 0 Å². The van der Waals surface area contributed by atoms with Crippen LogP contribution in [0.4, 0.5) is 0 Å². The highest BCUT2D eigenvalue weighted by atomic mass is 32.3. The van der Waals surface area contributed by atoms with Gasteiger partial charge >= 0.3 is 33.8 Å². The van der Waals surface area contributed by atoms with Gasteiger partial charge in [-0.3, -0.25) is 18.7 Å². The SMILES string of the molecule is COC1=CC(=NN=C2C=CC(=O)C(C(=O)O)=C2)c2ccccc2C1=[N+]=[N-].COC1=CC(=NN=C2C=CC(=O)C(C(=O)O)=C2)c2ccccc2C1=[N+]=[N-].O=S(=O)(O)O. The highest BCUT2D eigenvalue weighted by Crippen LogP contribution is 2.23. The molecule has 0 aromatic heterocycles. The molecule has 0 unspecified atom stereocenters. The van der Waals surface area contributed by atoms with Crippen LogP contribution in [0.25, 0.3) is 11.1 Å². The number of hydrogen-bond acceptors (Lipinski definition) is 12. The van der Waals surface area contributed by atoms with Gasteiger partial charge in [0, 0.05) is 23.3 Å². The molecule has 4 N–H and O–H groups in total. The number of benzene rings is 2. The third kappa shape index (κ3) is 10.6. The first-order valence-corrected chi connectivity index (χ1v) is 17.0. The molecule has 0 fully saturated rings. The van der Waals surface area contributed by atoms with Gasteiger partial charge in [-0.1, -0.05) is 36.4 Å². The largest absolute Gasteiger partial charge is 0.489 e. The van der Waals surface area contributed by atoms with Gasteiger partial charge in [-0.05, 0) is 48.6 Å². The number of fused-ring (bicyclic) bond motifs is 2. The summed E-state index contributed by atoms with van der Waals surface area (Å²) in [5, 5.41) is 34.4. The van der Waals surface area contributed by atoms with E-state index in [0.717, 1.165) is 24.3 Å². The van der Waals surface area contributed by atoms with Crippen LogP contribution in [0.1, 0.15) is 22.3 Å². The fourth-order valence-corrected chi connectivity index (χ4v) is 5.03. The van der Waals surface area contributed by atoms with Crippen molar-refractivity contribution in [3.8, 4) is 0 Å². The number of carbonyl (C=O) groups is 4. The second kappa shape index (κ2) is 18.4. The minimum Gasteiger partial charge on any atom is -0.489 e. The number of carboxylic acids is 2. The van der Waals surface area contributed by atoms with E-state index in [2.05, 4.69) is 30.0 Å². The van der Waals surface area contributed by atoms with Gasteiger partial charge in [0.25, 0.3) is 0 Å². The summed E-state index contributed by atoms with van der Waals surface area (Å²) in [4.78, 5) is 51.7. The van der Waals surface area contributed by atoms with Gasteiger partial charge in [-0.25, -0.2) is 9.59 Å². The van der Waals surface area contributed by atoms with E-state index in [1.807, 2.05) is 0 Å². The molecule has 4 aliphatic carbocycles. The van der Waals surface area contributed by atoms with Crippen molar-refractivity contribution in [3.63, 3.8) is 0 Å². The Balaban J connectivity index is 0.000000226. The van der Waals surface area contributed by atoms with Gasteiger partial charge < -0.3 is 30.7 Å². The number of ketones is 2. The Morgan fingerprint density at radius 2 is 0.930 bits per heavy atom. The molecule has 6 rings (SSSR count). The number of carbonyl (C=O) groups excluding carboxylic acids is 2. The molecule has 0 spiro atoms. The fourth-order valence-electron chi connectivity index (χ4n) is 5.03. The Labute approximate surface area is 321 Å². The van der Waals surface area contributed by atoms with E-state index in [1.165, 1.54) is 26.4 Å². The van der Waals surface area contributed by atoms with Gasteiger partial charge in [0.2, 0.25) is 11.5 Å². The lowest BCUT2D eigenvalue weighted by molar-refractivity contribution is -0.135. The van der Waals surface area contributed by atoms with Crippen molar-refractivity contribution in [2.45, 2.75) is 0 Å². The lowest BCUT2D eigenvalue weighted by Gasteiger charge is -2.13. The van der Waals surface area contributed by atoms with Crippen molar-refractivity contribution in [2.24, 2.45) is 20.4 Å². The first-order valence-electron chi connectivity index (χ1n) is 15.6. The summed E-state index contributed by atoms with van der Waals surface area (Å²) in [7, 11) is -1.79. The number of carboxylic acid groups (broad SMARTS) is 2. The summed E-state index contributed by atoms with van der Waals surface area (Å²) in [6.07, 6.45) is 10.5. The number of allylic oxidation sites excluding steroid dienone is 10. The molecule has 0 atom stereocenters. The quantitative estimate of drug-likeness (QED) is 0.0818. The number of hydrogen-bond donors (Lipinski definition) is 4. The van der Waals surface area contributed by atoms with Crippen LogP contribution in [-0.2, 0) is 39.1 Å². The van der Waals surface area contributed by atoms with Crippen LogP contribution in [0, 0.1) is 0 Å². The monoisotopic (exact) mass is 794 g/mol. The van der Waals surface area contributed by atoms with E-state index in [1.54, 1.807) is 60.7 Å². The van der Waals surface area contributed by atoms with Crippen molar-refractivity contribution < 1.29 is 66.0 Å². The molecule has 57 heavy (non-hydrogen) atoms. The molecule has 0 amide bonds. The van der Waals surface area contributed by atoms with Crippen LogP contribution in [0.15, 0.2) is 140 Å². The summed E-state index contributed by atoms with van der Waals surface area (Å²) in [6.45, 7) is 0. The summed E-state index contributed by atoms with van der Waals surface area (Å²) >= 11 is 0. The molecule has 21 heteroatoms. The molecule has 20 nitrogen and oxygen atoms in total.